The number of hydrogen-bond donors (Lipinski definition) is 0. The van der Waals surface area contributed by atoms with E-state index in [0.29, 0.717) is 23.9 Å². The van der Waals surface area contributed by atoms with Gasteiger partial charge in [0.15, 0.2) is 12.4 Å². The van der Waals surface area contributed by atoms with Crippen molar-refractivity contribution in [3.63, 3.8) is 0 Å². The molecule has 0 fully saturated rings. The fourth-order valence-corrected chi connectivity index (χ4v) is 8.71. The van der Waals surface area contributed by atoms with E-state index in [1.807, 2.05) is 21.1 Å². The predicted molar refractivity (Wildman–Crippen MR) is 302 cm³/mol. The van der Waals surface area contributed by atoms with Crippen molar-refractivity contribution in [1.82, 2.24) is 0 Å². The Kier molecular flexibility index (Phi) is 52.4. The Bertz CT molecular complexity index is 1320. The quantitative estimate of drug-likeness (QED) is 0.0195. The molecule has 0 saturated carbocycles. The topological polar surface area (TPSA) is 111 Å². The summed E-state index contributed by atoms with van der Waals surface area (Å²) in [6.07, 6.45) is 64.5. The summed E-state index contributed by atoms with van der Waals surface area (Å²) in [5.74, 6) is -2.26. The highest BCUT2D eigenvalue weighted by atomic mass is 16.7. The fraction of sp³-hybridized carbons (Fsp3) is 0.825. The first-order valence-corrected chi connectivity index (χ1v) is 30.3. The minimum Gasteiger partial charge on any atom is -0.545 e. The van der Waals surface area contributed by atoms with E-state index in [-0.39, 0.29) is 32.2 Å². The standard InChI is InChI=1S/C63H115NO8/c1-6-8-10-12-14-16-18-20-22-24-25-26-27-28-29-30-31-32-33-34-35-36-37-38-40-42-44-46-48-50-52-54-61(66)72-59(58-71-63(62(67)68)69-56-55-64(3,4)5)57-70-60(65)53-51-49-47-45-43-41-39-23-21-19-17-15-13-11-9-7-2/h8,10,14,16,20,22,25-26,59,63H,6-7,9,11-13,15,17-19,21,23-24,27-58H2,1-5H3/b10-8-,16-14-,22-20-,26-25-. The third-order valence-corrected chi connectivity index (χ3v) is 13.3. The lowest BCUT2D eigenvalue weighted by Gasteiger charge is -2.26. The van der Waals surface area contributed by atoms with Crippen molar-refractivity contribution < 1.29 is 42.9 Å². The molecule has 0 aromatic rings. The molecule has 0 aromatic heterocycles. The largest absolute Gasteiger partial charge is 0.545 e. The summed E-state index contributed by atoms with van der Waals surface area (Å²) in [5, 5.41) is 11.8. The van der Waals surface area contributed by atoms with Crippen LogP contribution in [0.15, 0.2) is 48.6 Å². The Morgan fingerprint density at radius 2 is 0.792 bits per heavy atom. The number of carbonyl (C=O) groups excluding carboxylic acids is 3. The second-order valence-corrected chi connectivity index (χ2v) is 21.6. The van der Waals surface area contributed by atoms with Gasteiger partial charge in [-0.3, -0.25) is 9.59 Å². The van der Waals surface area contributed by atoms with Crippen LogP contribution in [-0.4, -0.2) is 82.3 Å². The molecular formula is C63H115NO8. The van der Waals surface area contributed by atoms with Gasteiger partial charge in [0.1, 0.15) is 13.2 Å². The molecule has 9 heteroatoms. The molecule has 0 amide bonds. The third-order valence-electron chi connectivity index (χ3n) is 13.3. The van der Waals surface area contributed by atoms with Crippen molar-refractivity contribution in [3.8, 4) is 0 Å². The number of aliphatic carboxylic acids is 1. The van der Waals surface area contributed by atoms with Crippen LogP contribution in [0.5, 0.6) is 0 Å². The number of esters is 2. The molecule has 2 atom stereocenters. The van der Waals surface area contributed by atoms with E-state index in [2.05, 4.69) is 62.5 Å². The van der Waals surface area contributed by atoms with Crippen LogP contribution in [-0.2, 0) is 33.3 Å². The minimum atomic E-state index is -1.62. The summed E-state index contributed by atoms with van der Waals surface area (Å²) in [6, 6.07) is 0. The van der Waals surface area contributed by atoms with E-state index in [9.17, 15) is 19.5 Å². The molecule has 0 rings (SSSR count). The lowest BCUT2D eigenvalue weighted by molar-refractivity contribution is -0.870. The SMILES string of the molecule is CC/C=C\C/C=C\C/C=C\C/C=C\CCCCCCCCCCCCCCCCCCCCC(=O)OC(COC(=O)CCCCCCCCCCCCCCCCCC)COC(OCC[N+](C)(C)C)C(=O)[O-]. The summed E-state index contributed by atoms with van der Waals surface area (Å²) in [5.41, 5.74) is 0. The first-order valence-electron chi connectivity index (χ1n) is 30.3. The van der Waals surface area contributed by atoms with Crippen LogP contribution >= 0.6 is 0 Å². The summed E-state index contributed by atoms with van der Waals surface area (Å²) in [6.45, 7) is 4.68. The van der Waals surface area contributed by atoms with Gasteiger partial charge in [0.25, 0.3) is 0 Å². The maximum absolute atomic E-state index is 12.9. The average molecular weight is 1010 g/mol. The van der Waals surface area contributed by atoms with Crippen LogP contribution in [0.2, 0.25) is 0 Å². The maximum Gasteiger partial charge on any atom is 0.306 e. The summed E-state index contributed by atoms with van der Waals surface area (Å²) in [4.78, 5) is 37.3. The van der Waals surface area contributed by atoms with Gasteiger partial charge in [0, 0.05) is 12.8 Å². The molecule has 0 aliphatic rings. The molecule has 0 aliphatic heterocycles. The van der Waals surface area contributed by atoms with Gasteiger partial charge >= 0.3 is 11.9 Å². The highest BCUT2D eigenvalue weighted by Crippen LogP contribution is 2.17. The van der Waals surface area contributed by atoms with Gasteiger partial charge in [-0.15, -0.1) is 0 Å². The number of unbranched alkanes of at least 4 members (excludes halogenated alkanes) is 33. The average Bonchev–Trinajstić information content (AvgIpc) is 3.35. The number of ether oxygens (including phenoxy) is 4. The second kappa shape index (κ2) is 54.5. The number of nitrogens with zero attached hydrogens (tertiary/aromatic N) is 1. The van der Waals surface area contributed by atoms with Gasteiger partial charge in [-0.1, -0.05) is 262 Å². The Labute approximate surface area is 444 Å². The van der Waals surface area contributed by atoms with Gasteiger partial charge in [-0.2, -0.15) is 0 Å². The molecule has 420 valence electrons. The molecule has 72 heavy (non-hydrogen) atoms. The zero-order valence-electron chi connectivity index (χ0n) is 47.8. The van der Waals surface area contributed by atoms with Crippen LogP contribution in [0.4, 0.5) is 0 Å². The number of likely N-dealkylation sites (N-methyl/N-ethyl adjacent to an activating group) is 1. The number of carboxylic acids is 1. The van der Waals surface area contributed by atoms with E-state index in [0.717, 1.165) is 57.8 Å². The first-order chi connectivity index (χ1) is 35.1. The van der Waals surface area contributed by atoms with Gasteiger partial charge in [0.05, 0.1) is 40.3 Å². The first kappa shape index (κ1) is 69.2. The molecule has 2 unspecified atom stereocenters. The summed E-state index contributed by atoms with van der Waals surface area (Å²) < 4.78 is 22.7. The van der Waals surface area contributed by atoms with Gasteiger partial charge < -0.3 is 33.3 Å². The van der Waals surface area contributed by atoms with Crippen molar-refractivity contribution in [2.24, 2.45) is 0 Å². The molecule has 0 radical (unpaired) electrons. The van der Waals surface area contributed by atoms with E-state index in [1.54, 1.807) is 0 Å². The summed E-state index contributed by atoms with van der Waals surface area (Å²) >= 11 is 0. The highest BCUT2D eigenvalue weighted by Gasteiger charge is 2.22. The number of carboxylic acid groups (broad SMARTS) is 1. The van der Waals surface area contributed by atoms with Gasteiger partial charge in [-0.05, 0) is 51.4 Å². The van der Waals surface area contributed by atoms with E-state index in [1.165, 1.54) is 186 Å². The van der Waals surface area contributed by atoms with E-state index >= 15 is 0 Å². The number of rotatable bonds is 56. The van der Waals surface area contributed by atoms with Crippen LogP contribution in [0.1, 0.15) is 277 Å². The molecular weight excluding hydrogens is 899 g/mol. The van der Waals surface area contributed by atoms with Gasteiger partial charge in [0.2, 0.25) is 0 Å². The smallest absolute Gasteiger partial charge is 0.306 e. The Balaban J connectivity index is 4.11. The molecule has 0 saturated heterocycles. The predicted octanol–water partition coefficient (Wildman–Crippen LogP) is 16.5. The van der Waals surface area contributed by atoms with Crippen molar-refractivity contribution in [3.05, 3.63) is 48.6 Å². The highest BCUT2D eigenvalue weighted by molar-refractivity contribution is 5.70. The normalized spacial score (nSPS) is 13.1. The maximum atomic E-state index is 12.9. The monoisotopic (exact) mass is 1010 g/mol. The number of allylic oxidation sites excluding steroid dienone is 8. The number of quaternary nitrogens is 1. The lowest BCUT2D eigenvalue weighted by Crippen LogP contribution is -2.44. The van der Waals surface area contributed by atoms with E-state index < -0.39 is 24.3 Å². The fourth-order valence-electron chi connectivity index (χ4n) is 8.71. The van der Waals surface area contributed by atoms with Crippen LogP contribution < -0.4 is 5.11 Å². The zero-order valence-corrected chi connectivity index (χ0v) is 47.8. The summed E-state index contributed by atoms with van der Waals surface area (Å²) in [7, 11) is 5.93. The Hall–Kier alpha value is -2.75. The van der Waals surface area contributed by atoms with Crippen molar-refractivity contribution in [1.29, 1.82) is 0 Å². The van der Waals surface area contributed by atoms with Gasteiger partial charge in [-0.25, -0.2) is 0 Å². The second-order valence-electron chi connectivity index (χ2n) is 21.6. The Morgan fingerprint density at radius 1 is 0.431 bits per heavy atom. The molecule has 0 heterocycles. The molecule has 0 spiro atoms. The number of hydrogen-bond acceptors (Lipinski definition) is 8. The van der Waals surface area contributed by atoms with Crippen LogP contribution in [0.25, 0.3) is 0 Å². The van der Waals surface area contributed by atoms with Crippen molar-refractivity contribution in [2.75, 3.05) is 47.5 Å². The third kappa shape index (κ3) is 55.0. The minimum absolute atomic E-state index is 0.150. The molecule has 0 N–H and O–H groups in total. The van der Waals surface area contributed by atoms with Crippen molar-refractivity contribution >= 4 is 17.9 Å². The zero-order chi connectivity index (χ0) is 52.7. The van der Waals surface area contributed by atoms with Crippen LogP contribution in [0.3, 0.4) is 0 Å². The number of carbonyl (C=O) groups is 3. The molecule has 0 aliphatic carbocycles. The van der Waals surface area contributed by atoms with Crippen LogP contribution in [0, 0.1) is 0 Å². The molecule has 0 aromatic carbocycles. The van der Waals surface area contributed by atoms with E-state index in [4.69, 9.17) is 18.9 Å². The lowest BCUT2D eigenvalue weighted by atomic mass is 10.0. The Morgan fingerprint density at radius 3 is 1.18 bits per heavy atom. The molecule has 9 nitrogen and oxygen atoms in total. The van der Waals surface area contributed by atoms with Crippen molar-refractivity contribution in [2.45, 2.75) is 289 Å². The molecule has 0 bridgehead atoms.